The lowest BCUT2D eigenvalue weighted by atomic mass is 10.1. The number of carbonyl (C=O) groups is 4. The molecule has 160 valence electrons. The van der Waals surface area contributed by atoms with Gasteiger partial charge in [0.2, 0.25) is 0 Å². The third-order valence-corrected chi connectivity index (χ3v) is 5.55. The van der Waals surface area contributed by atoms with Crippen LogP contribution in [0, 0.1) is 0 Å². The van der Waals surface area contributed by atoms with Gasteiger partial charge in [0.25, 0.3) is 11.8 Å². The Bertz CT molecular complexity index is 1310. The van der Waals surface area contributed by atoms with E-state index in [1.807, 2.05) is 0 Å². The molecule has 1 aliphatic rings. The average Bonchev–Trinajstić information content (AvgIpc) is 3.22. The van der Waals surface area contributed by atoms with Crippen LogP contribution in [0.25, 0.3) is 11.8 Å². The van der Waals surface area contributed by atoms with Crippen molar-refractivity contribution in [3.05, 3.63) is 87.7 Å². The van der Waals surface area contributed by atoms with Gasteiger partial charge in [0.15, 0.2) is 0 Å². The Morgan fingerprint density at radius 3 is 2.38 bits per heavy atom. The van der Waals surface area contributed by atoms with E-state index in [4.69, 9.17) is 28.3 Å². The van der Waals surface area contributed by atoms with Gasteiger partial charge in [-0.15, -0.1) is 0 Å². The third-order valence-electron chi connectivity index (χ3n) is 4.74. The molecule has 1 saturated heterocycles. The fourth-order valence-electron chi connectivity index (χ4n) is 3.20. The Hall–Kier alpha value is -3.88. The van der Waals surface area contributed by atoms with Gasteiger partial charge in [-0.1, -0.05) is 29.3 Å². The number of benzene rings is 2. The molecule has 0 aliphatic carbocycles. The van der Waals surface area contributed by atoms with Gasteiger partial charge in [-0.25, -0.2) is 14.5 Å². The van der Waals surface area contributed by atoms with E-state index in [0.29, 0.717) is 11.4 Å². The van der Waals surface area contributed by atoms with Gasteiger partial charge in [0.05, 0.1) is 21.3 Å². The summed E-state index contributed by atoms with van der Waals surface area (Å²) in [6, 6.07) is 12.9. The van der Waals surface area contributed by atoms with E-state index < -0.39 is 23.8 Å². The maximum atomic E-state index is 13.1. The second-order valence-corrected chi connectivity index (χ2v) is 7.47. The normalized spacial score (nSPS) is 15.2. The highest BCUT2D eigenvalue weighted by molar-refractivity contribution is 6.46. The van der Waals surface area contributed by atoms with Crippen molar-refractivity contribution in [2.75, 3.05) is 4.90 Å². The maximum Gasteiger partial charge on any atom is 0.336 e. The van der Waals surface area contributed by atoms with E-state index in [2.05, 4.69) is 5.32 Å². The molecule has 8 nitrogen and oxygen atoms in total. The number of carboxylic acids is 1. The summed E-state index contributed by atoms with van der Waals surface area (Å²) in [4.78, 5) is 49.8. The molecule has 0 saturated carbocycles. The first-order valence-electron chi connectivity index (χ1n) is 9.14. The zero-order valence-corrected chi connectivity index (χ0v) is 17.6. The smallest absolute Gasteiger partial charge is 0.336 e. The summed E-state index contributed by atoms with van der Waals surface area (Å²) in [5.41, 5.74) is 0.942. The van der Waals surface area contributed by atoms with Gasteiger partial charge < -0.3 is 9.67 Å². The molecule has 1 aromatic heterocycles. The lowest BCUT2D eigenvalue weighted by Crippen LogP contribution is -2.54. The van der Waals surface area contributed by atoms with E-state index >= 15 is 0 Å². The van der Waals surface area contributed by atoms with Crippen molar-refractivity contribution in [3.63, 3.8) is 0 Å². The summed E-state index contributed by atoms with van der Waals surface area (Å²) in [5.74, 6) is -2.78. The molecule has 2 heterocycles. The topological polar surface area (TPSA) is 109 Å². The highest BCUT2D eigenvalue weighted by atomic mass is 35.5. The molecular formula is C22H13Cl2N3O5. The van der Waals surface area contributed by atoms with Crippen LogP contribution in [0.5, 0.6) is 0 Å². The quantitative estimate of drug-likeness (QED) is 0.440. The van der Waals surface area contributed by atoms with E-state index in [0.717, 1.165) is 4.90 Å². The largest absolute Gasteiger partial charge is 0.478 e. The number of amides is 4. The van der Waals surface area contributed by atoms with Gasteiger partial charge >= 0.3 is 12.0 Å². The number of nitrogens with one attached hydrogen (secondary N) is 1. The minimum absolute atomic E-state index is 0.00624. The Morgan fingerprint density at radius 2 is 1.69 bits per heavy atom. The number of anilines is 1. The number of carboxylic acid groups (broad SMARTS) is 1. The Kier molecular flexibility index (Phi) is 5.56. The van der Waals surface area contributed by atoms with Gasteiger partial charge in [0.1, 0.15) is 5.57 Å². The first-order valence-corrected chi connectivity index (χ1v) is 9.90. The van der Waals surface area contributed by atoms with Crippen LogP contribution in [-0.2, 0) is 9.59 Å². The minimum Gasteiger partial charge on any atom is -0.478 e. The van der Waals surface area contributed by atoms with Gasteiger partial charge in [-0.05, 0) is 54.6 Å². The number of nitrogens with zero attached hydrogens (tertiary/aromatic N) is 2. The monoisotopic (exact) mass is 469 g/mol. The summed E-state index contributed by atoms with van der Waals surface area (Å²) < 4.78 is 1.66. The summed E-state index contributed by atoms with van der Waals surface area (Å²) in [7, 11) is 0. The second kappa shape index (κ2) is 8.33. The molecule has 10 heteroatoms. The molecule has 1 aliphatic heterocycles. The molecule has 32 heavy (non-hydrogen) atoms. The van der Waals surface area contributed by atoms with Crippen LogP contribution in [0.1, 0.15) is 16.1 Å². The first kappa shape index (κ1) is 21.4. The fourth-order valence-corrected chi connectivity index (χ4v) is 3.58. The average molecular weight is 470 g/mol. The highest BCUT2D eigenvalue weighted by Crippen LogP contribution is 2.34. The number of hydrogen-bond acceptors (Lipinski definition) is 4. The van der Waals surface area contributed by atoms with Crippen LogP contribution in [0.4, 0.5) is 10.5 Å². The molecule has 1 fully saturated rings. The van der Waals surface area contributed by atoms with E-state index in [1.165, 1.54) is 36.4 Å². The van der Waals surface area contributed by atoms with E-state index in [1.54, 1.807) is 35.0 Å². The Labute approximate surface area is 191 Å². The molecule has 0 atom stereocenters. The number of urea groups is 1. The molecular weight excluding hydrogens is 457 g/mol. The number of barbiturate groups is 1. The number of halogens is 2. The number of hydrogen-bond donors (Lipinski definition) is 2. The highest BCUT2D eigenvalue weighted by Gasteiger charge is 2.38. The molecule has 3 aromatic rings. The van der Waals surface area contributed by atoms with Crippen molar-refractivity contribution >= 4 is 58.8 Å². The molecule has 0 bridgehead atoms. The van der Waals surface area contributed by atoms with E-state index in [-0.39, 0.29) is 26.9 Å². The molecule has 0 unspecified atom stereocenters. The summed E-state index contributed by atoms with van der Waals surface area (Å²) in [6.07, 6.45) is 3.02. The van der Waals surface area contributed by atoms with Crippen LogP contribution in [0.15, 0.2) is 66.4 Å². The van der Waals surface area contributed by atoms with Gasteiger partial charge in [0, 0.05) is 17.6 Å². The molecule has 2 N–H and O–H groups in total. The van der Waals surface area contributed by atoms with Crippen LogP contribution >= 0.6 is 23.2 Å². The van der Waals surface area contributed by atoms with Crippen molar-refractivity contribution in [2.24, 2.45) is 0 Å². The number of aromatic nitrogens is 1. The van der Waals surface area contributed by atoms with Crippen molar-refractivity contribution in [2.45, 2.75) is 0 Å². The van der Waals surface area contributed by atoms with Crippen LogP contribution in [0.2, 0.25) is 10.0 Å². The predicted octanol–water partition coefficient (Wildman–Crippen LogP) is 4.15. The fraction of sp³-hybridized carbons (Fsp3) is 0. The van der Waals surface area contributed by atoms with Gasteiger partial charge in [-0.2, -0.15) is 0 Å². The van der Waals surface area contributed by atoms with E-state index in [9.17, 15) is 19.2 Å². The standard InChI is InChI=1S/C22H13Cl2N3O5/c23-16-4-1-5-17(18(16)24)27-20(29)15(19(28)25-22(27)32)11-14-3-2-10-26(14)13-8-6-12(7-9-13)21(30)31/h1-11H,(H,30,31)(H,25,28,32)/b15-11+. The number of aromatic carboxylic acids is 1. The minimum atomic E-state index is -1.06. The zero-order chi connectivity index (χ0) is 23.0. The van der Waals surface area contributed by atoms with Gasteiger partial charge in [-0.3, -0.25) is 14.9 Å². The molecule has 4 rings (SSSR count). The molecule has 2 aromatic carbocycles. The third kappa shape index (κ3) is 3.77. The van der Waals surface area contributed by atoms with Crippen molar-refractivity contribution in [1.82, 2.24) is 9.88 Å². The van der Waals surface area contributed by atoms with Crippen LogP contribution in [-0.4, -0.2) is 33.5 Å². The number of imide groups is 2. The molecule has 4 amide bonds. The summed E-state index contributed by atoms with van der Waals surface area (Å²) >= 11 is 12.2. The number of rotatable bonds is 4. The van der Waals surface area contributed by atoms with Crippen molar-refractivity contribution in [3.8, 4) is 5.69 Å². The van der Waals surface area contributed by atoms with Crippen LogP contribution < -0.4 is 10.2 Å². The lowest BCUT2D eigenvalue weighted by molar-refractivity contribution is -0.122. The zero-order valence-electron chi connectivity index (χ0n) is 16.1. The second-order valence-electron chi connectivity index (χ2n) is 6.69. The Morgan fingerprint density at radius 1 is 0.969 bits per heavy atom. The molecule has 0 radical (unpaired) electrons. The summed E-state index contributed by atoms with van der Waals surface area (Å²) in [5, 5.41) is 11.3. The molecule has 0 spiro atoms. The van der Waals surface area contributed by atoms with Crippen molar-refractivity contribution < 1.29 is 24.3 Å². The SMILES string of the molecule is O=C1NC(=O)N(c2cccc(Cl)c2Cl)C(=O)/C1=C/c1cccn1-c1ccc(C(=O)O)cc1. The van der Waals surface area contributed by atoms with Crippen LogP contribution in [0.3, 0.4) is 0 Å². The maximum absolute atomic E-state index is 13.1. The summed E-state index contributed by atoms with van der Waals surface area (Å²) in [6.45, 7) is 0. The predicted molar refractivity (Wildman–Crippen MR) is 118 cm³/mol. The van der Waals surface area contributed by atoms with Crippen molar-refractivity contribution in [1.29, 1.82) is 0 Å². The number of carbonyl (C=O) groups excluding carboxylic acids is 3. The Balaban J connectivity index is 1.74. The first-order chi connectivity index (χ1) is 15.3. The lowest BCUT2D eigenvalue weighted by Gasteiger charge is -2.27.